The Morgan fingerprint density at radius 2 is 1.65 bits per heavy atom. The van der Waals surface area contributed by atoms with E-state index in [2.05, 4.69) is 52.0 Å². The van der Waals surface area contributed by atoms with E-state index in [0.29, 0.717) is 44.1 Å². The molecule has 3 atom stereocenters. The van der Waals surface area contributed by atoms with Gasteiger partial charge < -0.3 is 19.5 Å². The predicted molar refractivity (Wildman–Crippen MR) is 185 cm³/mol. The van der Waals surface area contributed by atoms with Crippen LogP contribution in [0.5, 0.6) is 0 Å². The molecule has 1 N–H and O–H groups in total. The SMILES string of the molecule is Cc1nc2ccccc2n1C1C[C@H]2CC[C@@H](C1)N2CCC1(c2cccc(F)c2)CCN(C(=O)C2(NC(=O)OC(C)(C)C)CCCC2)CC1. The summed E-state index contributed by atoms with van der Waals surface area (Å²) in [5.74, 6) is 0.892. The van der Waals surface area contributed by atoms with Crippen LogP contribution in [-0.4, -0.2) is 74.2 Å². The minimum absolute atomic E-state index is 0.00105. The molecular formula is C39H52FN5O3. The fourth-order valence-electron chi connectivity index (χ4n) is 9.60. The van der Waals surface area contributed by atoms with E-state index < -0.39 is 17.2 Å². The van der Waals surface area contributed by atoms with Gasteiger partial charge in [0.05, 0.1) is 11.0 Å². The maximum Gasteiger partial charge on any atom is 0.408 e. The number of amides is 2. The molecule has 2 bridgehead atoms. The highest BCUT2D eigenvalue weighted by molar-refractivity contribution is 5.90. The Kier molecular flexibility index (Phi) is 8.80. The Bertz CT molecular complexity index is 1630. The summed E-state index contributed by atoms with van der Waals surface area (Å²) in [6.45, 7) is 9.80. The van der Waals surface area contributed by atoms with Gasteiger partial charge in [0, 0.05) is 31.2 Å². The summed E-state index contributed by atoms with van der Waals surface area (Å²) in [5, 5.41) is 3.00. The second-order valence-corrected chi connectivity index (χ2v) is 16.0. The molecule has 4 fully saturated rings. The summed E-state index contributed by atoms with van der Waals surface area (Å²) in [6, 6.07) is 17.1. The molecule has 2 amide bonds. The molecule has 48 heavy (non-hydrogen) atoms. The first kappa shape index (κ1) is 33.1. The molecular weight excluding hydrogens is 605 g/mol. The summed E-state index contributed by atoms with van der Waals surface area (Å²) in [4.78, 5) is 36.5. The molecule has 2 aromatic carbocycles. The van der Waals surface area contributed by atoms with E-state index in [-0.39, 0.29) is 17.1 Å². The van der Waals surface area contributed by atoms with Crippen LogP contribution in [0.25, 0.3) is 11.0 Å². The summed E-state index contributed by atoms with van der Waals surface area (Å²) in [7, 11) is 0. The van der Waals surface area contributed by atoms with Crippen molar-refractivity contribution >= 4 is 23.0 Å². The second-order valence-electron chi connectivity index (χ2n) is 16.0. The van der Waals surface area contributed by atoms with Gasteiger partial charge in [-0.2, -0.15) is 0 Å². The fraction of sp³-hybridized carbons (Fsp3) is 0.615. The van der Waals surface area contributed by atoms with Crippen LogP contribution in [0.2, 0.25) is 0 Å². The Balaban J connectivity index is 1.05. The predicted octanol–water partition coefficient (Wildman–Crippen LogP) is 7.44. The van der Waals surface area contributed by atoms with Crippen molar-refractivity contribution in [2.45, 2.75) is 133 Å². The fourth-order valence-corrected chi connectivity index (χ4v) is 9.60. The summed E-state index contributed by atoms with van der Waals surface area (Å²) < 4.78 is 22.7. The van der Waals surface area contributed by atoms with Crippen LogP contribution in [-0.2, 0) is 14.9 Å². The van der Waals surface area contributed by atoms with E-state index in [0.717, 1.165) is 68.4 Å². The van der Waals surface area contributed by atoms with Crippen LogP contribution in [0.15, 0.2) is 48.5 Å². The number of imidazole rings is 1. The van der Waals surface area contributed by atoms with Crippen molar-refractivity contribution in [1.29, 1.82) is 0 Å². The lowest BCUT2D eigenvalue weighted by atomic mass is 9.70. The highest BCUT2D eigenvalue weighted by atomic mass is 19.1. The minimum Gasteiger partial charge on any atom is -0.444 e. The largest absolute Gasteiger partial charge is 0.444 e. The summed E-state index contributed by atoms with van der Waals surface area (Å²) in [5.41, 5.74) is 1.59. The Labute approximate surface area is 284 Å². The molecule has 4 aliphatic rings. The van der Waals surface area contributed by atoms with E-state index in [4.69, 9.17) is 9.72 Å². The molecule has 9 heteroatoms. The number of carbonyl (C=O) groups is 2. The van der Waals surface area contributed by atoms with Crippen LogP contribution in [0, 0.1) is 12.7 Å². The van der Waals surface area contributed by atoms with Gasteiger partial charge in [0.2, 0.25) is 5.91 Å². The van der Waals surface area contributed by atoms with Crippen LogP contribution in [0.3, 0.4) is 0 Å². The van der Waals surface area contributed by atoms with Crippen molar-refractivity contribution in [2.24, 2.45) is 0 Å². The number of nitrogens with zero attached hydrogens (tertiary/aromatic N) is 4. The Morgan fingerprint density at radius 1 is 0.958 bits per heavy atom. The molecule has 1 aliphatic carbocycles. The van der Waals surface area contributed by atoms with Gasteiger partial charge in [0.1, 0.15) is 22.8 Å². The molecule has 3 aromatic rings. The van der Waals surface area contributed by atoms with Crippen LogP contribution >= 0.6 is 0 Å². The van der Waals surface area contributed by atoms with E-state index in [9.17, 15) is 14.0 Å². The second kappa shape index (κ2) is 12.8. The number of likely N-dealkylation sites (tertiary alicyclic amines) is 1. The number of alkyl carbamates (subject to hydrolysis) is 1. The molecule has 0 radical (unpaired) electrons. The number of aromatic nitrogens is 2. The topological polar surface area (TPSA) is 79.7 Å². The number of fused-ring (bicyclic) bond motifs is 3. The normalized spacial score (nSPS) is 25.4. The Morgan fingerprint density at radius 3 is 2.31 bits per heavy atom. The van der Waals surface area contributed by atoms with E-state index in [1.165, 1.54) is 24.4 Å². The van der Waals surface area contributed by atoms with Crippen molar-refractivity contribution in [3.8, 4) is 0 Å². The highest BCUT2D eigenvalue weighted by Crippen LogP contribution is 2.45. The van der Waals surface area contributed by atoms with Gasteiger partial charge in [0.25, 0.3) is 0 Å². The van der Waals surface area contributed by atoms with Crippen LogP contribution in [0.1, 0.15) is 109 Å². The van der Waals surface area contributed by atoms with Gasteiger partial charge in [-0.15, -0.1) is 0 Å². The molecule has 1 unspecified atom stereocenters. The third-order valence-corrected chi connectivity index (χ3v) is 11.9. The molecule has 3 saturated heterocycles. The minimum atomic E-state index is -0.913. The first-order valence-corrected chi connectivity index (χ1v) is 18.2. The monoisotopic (exact) mass is 657 g/mol. The van der Waals surface area contributed by atoms with Crippen molar-refractivity contribution in [2.75, 3.05) is 19.6 Å². The average molecular weight is 658 g/mol. The smallest absolute Gasteiger partial charge is 0.408 e. The molecule has 8 nitrogen and oxygen atoms in total. The Hall–Kier alpha value is -3.46. The first-order valence-electron chi connectivity index (χ1n) is 18.2. The molecule has 4 heterocycles. The molecule has 258 valence electrons. The molecule has 7 rings (SSSR count). The van der Waals surface area contributed by atoms with Crippen LogP contribution < -0.4 is 5.32 Å². The van der Waals surface area contributed by atoms with Crippen molar-refractivity contribution in [3.63, 3.8) is 0 Å². The number of carbonyl (C=O) groups excluding carboxylic acids is 2. The molecule has 3 aliphatic heterocycles. The number of ether oxygens (including phenoxy) is 1. The zero-order valence-corrected chi connectivity index (χ0v) is 29.1. The highest BCUT2D eigenvalue weighted by Gasteiger charge is 2.49. The molecule has 1 saturated carbocycles. The molecule has 1 aromatic heterocycles. The number of piperidine rings is 2. The van der Waals surface area contributed by atoms with Crippen molar-refractivity contribution in [3.05, 3.63) is 65.7 Å². The lowest BCUT2D eigenvalue weighted by Crippen LogP contribution is -2.60. The third-order valence-electron chi connectivity index (χ3n) is 11.9. The first-order chi connectivity index (χ1) is 23.0. The van der Waals surface area contributed by atoms with Gasteiger partial charge in [0.15, 0.2) is 0 Å². The van der Waals surface area contributed by atoms with Crippen LogP contribution in [0.4, 0.5) is 9.18 Å². The van der Waals surface area contributed by atoms with Crippen molar-refractivity contribution in [1.82, 2.24) is 24.7 Å². The lowest BCUT2D eigenvalue weighted by Gasteiger charge is -2.47. The van der Waals surface area contributed by atoms with E-state index >= 15 is 0 Å². The number of hydrogen-bond donors (Lipinski definition) is 1. The summed E-state index contributed by atoms with van der Waals surface area (Å²) in [6.07, 6.45) is 9.70. The maximum absolute atomic E-state index is 14.7. The number of hydrogen-bond acceptors (Lipinski definition) is 5. The number of aryl methyl sites for hydroxylation is 1. The number of nitrogens with one attached hydrogen (secondary N) is 1. The maximum atomic E-state index is 14.7. The number of para-hydroxylation sites is 2. The molecule has 0 spiro atoms. The van der Waals surface area contributed by atoms with Gasteiger partial charge in [-0.25, -0.2) is 14.2 Å². The standard InChI is InChI=1S/C39H52FN5O3/c1-27-41-33-12-5-6-13-34(33)45(27)32-25-30-14-15-31(26-32)44(30)23-20-38(28-10-9-11-29(40)24-28)18-21-43(22-19-38)35(46)39(16-7-8-17-39)42-36(47)48-37(2,3)4/h5-6,9-13,24,30-32H,7-8,14-23,25-26H2,1-4H3,(H,42,47)/t30-,31+,32?. The number of benzene rings is 2. The number of halogens is 1. The van der Waals surface area contributed by atoms with Crippen molar-refractivity contribution < 1.29 is 18.7 Å². The zero-order chi connectivity index (χ0) is 33.7. The summed E-state index contributed by atoms with van der Waals surface area (Å²) >= 11 is 0. The van der Waals surface area contributed by atoms with E-state index in [1.807, 2.05) is 31.7 Å². The van der Waals surface area contributed by atoms with Gasteiger partial charge in [-0.05, 0) is 127 Å². The average Bonchev–Trinajstić information content (AvgIpc) is 3.72. The third kappa shape index (κ3) is 6.35. The van der Waals surface area contributed by atoms with Gasteiger partial charge in [-0.1, -0.05) is 37.1 Å². The van der Waals surface area contributed by atoms with Gasteiger partial charge in [-0.3, -0.25) is 9.69 Å². The number of rotatable bonds is 7. The van der Waals surface area contributed by atoms with Gasteiger partial charge >= 0.3 is 6.09 Å². The quantitative estimate of drug-likeness (QED) is 0.286. The van der Waals surface area contributed by atoms with E-state index in [1.54, 1.807) is 6.07 Å². The lowest BCUT2D eigenvalue weighted by molar-refractivity contribution is -0.140. The zero-order valence-electron chi connectivity index (χ0n) is 29.1.